The average Bonchev–Trinajstić information content (AvgIpc) is 2.06. The molecule has 0 radical (unpaired) electrons. The quantitative estimate of drug-likeness (QED) is 0.507. The maximum Gasteiger partial charge on any atom is 0.344 e. The van der Waals surface area contributed by atoms with Gasteiger partial charge in [0.15, 0.2) is 0 Å². The standard InChI is InChI=1S/C4H6NO4PS2/c6-3-1-5(4(11)12-3)2-10(7,8)9/h1-2H2,(H2,7,8,9). The van der Waals surface area contributed by atoms with Crippen LogP contribution in [0, 0.1) is 0 Å². The molecule has 0 aliphatic carbocycles. The molecule has 1 fully saturated rings. The van der Waals surface area contributed by atoms with Crippen LogP contribution in [0.1, 0.15) is 0 Å². The fourth-order valence-electron chi connectivity index (χ4n) is 0.745. The number of carbonyl (C=O) groups excluding carboxylic acids is 1. The summed E-state index contributed by atoms with van der Waals surface area (Å²) < 4.78 is 10.8. The highest BCUT2D eigenvalue weighted by Gasteiger charge is 2.30. The predicted octanol–water partition coefficient (Wildman–Crippen LogP) is -0.0181. The van der Waals surface area contributed by atoms with Crippen molar-refractivity contribution < 1.29 is 19.1 Å². The second-order valence-electron chi connectivity index (χ2n) is 2.24. The largest absolute Gasteiger partial charge is 0.344 e. The molecule has 0 bridgehead atoms. The fourth-order valence-corrected chi connectivity index (χ4v) is 2.70. The Morgan fingerprint density at radius 2 is 2.25 bits per heavy atom. The molecule has 0 spiro atoms. The van der Waals surface area contributed by atoms with Gasteiger partial charge in [0.25, 0.3) is 0 Å². The number of thioether (sulfide) groups is 1. The zero-order chi connectivity index (χ0) is 9.35. The molecule has 0 amide bonds. The molecule has 1 aliphatic rings. The molecule has 68 valence electrons. The van der Waals surface area contributed by atoms with Crippen molar-refractivity contribution in [1.29, 1.82) is 0 Å². The van der Waals surface area contributed by atoms with Crippen molar-refractivity contribution in [1.82, 2.24) is 4.90 Å². The van der Waals surface area contributed by atoms with Gasteiger partial charge in [0.05, 0.1) is 6.54 Å². The number of thiocarbonyl (C=S) groups is 1. The summed E-state index contributed by atoms with van der Waals surface area (Å²) in [6.07, 6.45) is -0.468. The summed E-state index contributed by atoms with van der Waals surface area (Å²) in [6, 6.07) is 0. The summed E-state index contributed by atoms with van der Waals surface area (Å²) in [5, 5.41) is -0.173. The second-order valence-corrected chi connectivity index (χ2v) is 5.55. The lowest BCUT2D eigenvalue weighted by atomic mass is 10.7. The number of carbonyl (C=O) groups is 1. The first-order valence-corrected chi connectivity index (χ1v) is 5.95. The zero-order valence-electron chi connectivity index (χ0n) is 5.84. The van der Waals surface area contributed by atoms with E-state index in [4.69, 9.17) is 22.0 Å². The Hall–Kier alpha value is 0.0600. The number of nitrogens with zero attached hydrogens (tertiary/aromatic N) is 1. The lowest BCUT2D eigenvalue weighted by Crippen LogP contribution is -2.24. The summed E-state index contributed by atoms with van der Waals surface area (Å²) in [4.78, 5) is 29.1. The van der Waals surface area contributed by atoms with Gasteiger partial charge < -0.3 is 14.7 Å². The summed E-state index contributed by atoms with van der Waals surface area (Å²) in [7, 11) is -4.11. The highest BCUT2D eigenvalue weighted by atomic mass is 32.2. The molecule has 5 nitrogen and oxygen atoms in total. The number of rotatable bonds is 2. The first-order chi connectivity index (χ1) is 5.38. The lowest BCUT2D eigenvalue weighted by molar-refractivity contribution is -0.110. The van der Waals surface area contributed by atoms with Gasteiger partial charge in [-0.1, -0.05) is 12.2 Å². The van der Waals surface area contributed by atoms with E-state index < -0.39 is 13.9 Å². The maximum absolute atomic E-state index is 10.7. The van der Waals surface area contributed by atoms with Crippen LogP contribution in [0.2, 0.25) is 0 Å². The summed E-state index contributed by atoms with van der Waals surface area (Å²) >= 11 is 5.55. The van der Waals surface area contributed by atoms with Crippen LogP contribution in [0.5, 0.6) is 0 Å². The summed E-state index contributed by atoms with van der Waals surface area (Å²) in [5.74, 6) is 0. The van der Waals surface area contributed by atoms with Crippen molar-refractivity contribution in [3.8, 4) is 0 Å². The van der Waals surface area contributed by atoms with Gasteiger partial charge >= 0.3 is 7.60 Å². The third kappa shape index (κ3) is 2.84. The SMILES string of the molecule is O=C1CN(CP(=O)(O)O)C(=S)S1. The van der Waals surface area contributed by atoms with Crippen LogP contribution in [0.4, 0.5) is 0 Å². The molecule has 1 aliphatic heterocycles. The summed E-state index contributed by atoms with van der Waals surface area (Å²) in [6.45, 7) is -0.00535. The van der Waals surface area contributed by atoms with E-state index in [2.05, 4.69) is 0 Å². The number of hydrogen-bond acceptors (Lipinski definition) is 4. The monoisotopic (exact) mass is 227 g/mol. The van der Waals surface area contributed by atoms with Crippen LogP contribution in [-0.4, -0.2) is 37.0 Å². The minimum absolute atomic E-state index is 0.00535. The molecular formula is C4H6NO4PS2. The van der Waals surface area contributed by atoms with Crippen LogP contribution in [-0.2, 0) is 9.36 Å². The maximum atomic E-state index is 10.7. The van der Waals surface area contributed by atoms with Gasteiger partial charge in [0.2, 0.25) is 5.12 Å². The lowest BCUT2D eigenvalue weighted by Gasteiger charge is -2.15. The molecule has 8 heteroatoms. The van der Waals surface area contributed by atoms with E-state index in [9.17, 15) is 9.36 Å². The third-order valence-electron chi connectivity index (χ3n) is 1.13. The van der Waals surface area contributed by atoms with Crippen molar-refractivity contribution in [3.05, 3.63) is 0 Å². The van der Waals surface area contributed by atoms with Gasteiger partial charge in [-0.15, -0.1) is 0 Å². The van der Waals surface area contributed by atoms with Crippen molar-refractivity contribution in [3.63, 3.8) is 0 Å². The molecule has 2 N–H and O–H groups in total. The highest BCUT2D eigenvalue weighted by Crippen LogP contribution is 2.37. The Kier molecular flexibility index (Phi) is 2.90. The third-order valence-corrected chi connectivity index (χ3v) is 3.14. The summed E-state index contributed by atoms with van der Waals surface area (Å²) in [5.41, 5.74) is 0. The topological polar surface area (TPSA) is 77.8 Å². The molecule has 1 saturated heterocycles. The van der Waals surface area contributed by atoms with E-state index >= 15 is 0 Å². The van der Waals surface area contributed by atoms with Crippen molar-refractivity contribution in [2.24, 2.45) is 0 Å². The zero-order valence-corrected chi connectivity index (χ0v) is 8.36. The van der Waals surface area contributed by atoms with Gasteiger partial charge in [0.1, 0.15) is 10.6 Å². The predicted molar refractivity (Wildman–Crippen MR) is 48.8 cm³/mol. The van der Waals surface area contributed by atoms with Gasteiger partial charge in [-0.05, 0) is 11.8 Å². The molecule has 0 aromatic rings. The molecule has 0 aromatic carbocycles. The molecular weight excluding hydrogens is 221 g/mol. The molecule has 12 heavy (non-hydrogen) atoms. The van der Waals surface area contributed by atoms with Crippen LogP contribution in [0.15, 0.2) is 0 Å². The first-order valence-electron chi connectivity index (χ1n) is 2.92. The van der Waals surface area contributed by atoms with E-state index in [1.807, 2.05) is 0 Å². The Bertz CT molecular complexity index is 274. The Morgan fingerprint density at radius 3 is 2.58 bits per heavy atom. The minimum Gasteiger partial charge on any atom is -0.337 e. The van der Waals surface area contributed by atoms with Crippen LogP contribution in [0.25, 0.3) is 0 Å². The second kappa shape index (κ2) is 3.43. The first kappa shape index (κ1) is 10.1. The van der Waals surface area contributed by atoms with Crippen molar-refractivity contribution in [2.45, 2.75) is 0 Å². The molecule has 0 unspecified atom stereocenters. The van der Waals surface area contributed by atoms with E-state index in [1.165, 1.54) is 4.90 Å². The van der Waals surface area contributed by atoms with E-state index in [0.29, 0.717) is 0 Å². The van der Waals surface area contributed by atoms with E-state index in [0.717, 1.165) is 11.8 Å². The van der Waals surface area contributed by atoms with Crippen molar-refractivity contribution in [2.75, 3.05) is 12.8 Å². The van der Waals surface area contributed by atoms with Gasteiger partial charge in [-0.3, -0.25) is 9.36 Å². The van der Waals surface area contributed by atoms with Gasteiger partial charge in [-0.25, -0.2) is 0 Å². The number of hydrogen-bond donors (Lipinski definition) is 2. The van der Waals surface area contributed by atoms with Crippen LogP contribution in [0.3, 0.4) is 0 Å². The van der Waals surface area contributed by atoms with E-state index in [1.54, 1.807) is 0 Å². The molecule has 1 rings (SSSR count). The van der Waals surface area contributed by atoms with Crippen LogP contribution < -0.4 is 0 Å². The minimum atomic E-state index is -4.11. The average molecular weight is 227 g/mol. The van der Waals surface area contributed by atoms with E-state index in [-0.39, 0.29) is 16.0 Å². The van der Waals surface area contributed by atoms with Crippen molar-refractivity contribution >= 4 is 41.0 Å². The molecule has 0 atom stereocenters. The Labute approximate surface area is 78.3 Å². The molecule has 1 heterocycles. The fraction of sp³-hybridized carbons (Fsp3) is 0.500. The van der Waals surface area contributed by atoms with Gasteiger partial charge in [-0.2, -0.15) is 0 Å². The normalized spacial score (nSPS) is 19.0. The van der Waals surface area contributed by atoms with Gasteiger partial charge in [0, 0.05) is 0 Å². The Morgan fingerprint density at radius 1 is 1.67 bits per heavy atom. The van der Waals surface area contributed by atoms with Crippen LogP contribution >= 0.6 is 31.6 Å². The highest BCUT2D eigenvalue weighted by molar-refractivity contribution is 8.33. The molecule has 0 aromatic heterocycles. The smallest absolute Gasteiger partial charge is 0.337 e. The molecule has 0 saturated carbocycles. The Balaban J connectivity index is 2.61.